The van der Waals surface area contributed by atoms with E-state index >= 15 is 0 Å². The predicted octanol–water partition coefficient (Wildman–Crippen LogP) is 0.356. The molecule has 2 aliphatic rings. The van der Waals surface area contributed by atoms with Crippen LogP contribution in [0.2, 0.25) is 0 Å². The van der Waals surface area contributed by atoms with Crippen molar-refractivity contribution in [3.8, 4) is 0 Å². The summed E-state index contributed by atoms with van der Waals surface area (Å²) in [6.45, 7) is 4.10. The number of carboxylic acid groups (broad SMARTS) is 1. The largest absolute Gasteiger partial charge is 0.481 e. The fourth-order valence-corrected chi connectivity index (χ4v) is 2.67. The second-order valence-corrected chi connectivity index (χ2v) is 4.87. The maximum absolute atomic E-state index is 11.1. The summed E-state index contributed by atoms with van der Waals surface area (Å²) < 4.78 is 5.30. The third-order valence-corrected chi connectivity index (χ3v) is 3.65. The smallest absolute Gasteiger partial charge is 0.312 e. The summed E-state index contributed by atoms with van der Waals surface area (Å²) in [5, 5.41) is 9.11. The van der Waals surface area contributed by atoms with Gasteiger partial charge in [0.05, 0.1) is 25.5 Å². The molecular weight excluding hydrogens is 234 g/mol. The number of hydrogen-bond donors (Lipinski definition) is 2. The van der Waals surface area contributed by atoms with Gasteiger partial charge in [-0.05, 0) is 12.8 Å². The maximum Gasteiger partial charge on any atom is 0.312 e. The fraction of sp³-hybridized carbons (Fsp3) is 0.667. The Hall–Kier alpha value is -1.40. The van der Waals surface area contributed by atoms with E-state index in [1.165, 1.54) is 0 Å². The first kappa shape index (κ1) is 11.7. The van der Waals surface area contributed by atoms with Crippen LogP contribution in [-0.4, -0.2) is 52.2 Å². The second-order valence-electron chi connectivity index (χ2n) is 4.87. The van der Waals surface area contributed by atoms with Gasteiger partial charge in [0.1, 0.15) is 11.7 Å². The summed E-state index contributed by atoms with van der Waals surface area (Å²) in [6, 6.07) is 0. The standard InChI is InChI=1S/C12H17N3O3/c16-12(17)8-1-2-9-11(8)14-10(13-9)7-15-3-5-18-6-4-15/h8H,1-7H2,(H,13,14)(H,16,17). The molecule has 98 valence electrons. The summed E-state index contributed by atoms with van der Waals surface area (Å²) in [7, 11) is 0. The van der Waals surface area contributed by atoms with Crippen LogP contribution < -0.4 is 0 Å². The number of aromatic nitrogens is 2. The van der Waals surface area contributed by atoms with E-state index in [4.69, 9.17) is 9.84 Å². The molecule has 1 saturated heterocycles. The molecule has 0 amide bonds. The van der Waals surface area contributed by atoms with Gasteiger partial charge in [-0.1, -0.05) is 0 Å². The molecule has 6 nitrogen and oxygen atoms in total. The van der Waals surface area contributed by atoms with E-state index in [0.29, 0.717) is 6.42 Å². The Bertz CT molecular complexity index is 451. The van der Waals surface area contributed by atoms with Crippen molar-refractivity contribution < 1.29 is 14.6 Å². The van der Waals surface area contributed by atoms with Gasteiger partial charge in [0.2, 0.25) is 0 Å². The van der Waals surface area contributed by atoms with Crippen molar-refractivity contribution >= 4 is 5.97 Å². The first-order valence-electron chi connectivity index (χ1n) is 6.34. The number of aromatic amines is 1. The Morgan fingerprint density at radius 2 is 2.28 bits per heavy atom. The van der Waals surface area contributed by atoms with E-state index in [9.17, 15) is 4.79 Å². The number of imidazole rings is 1. The monoisotopic (exact) mass is 251 g/mol. The van der Waals surface area contributed by atoms with Gasteiger partial charge in [-0.15, -0.1) is 0 Å². The number of aryl methyl sites for hydroxylation is 1. The van der Waals surface area contributed by atoms with Gasteiger partial charge in [0, 0.05) is 18.8 Å². The SMILES string of the molecule is O=C(O)C1CCc2[nH]c(CN3CCOCC3)nc21. The first-order valence-corrected chi connectivity index (χ1v) is 6.34. The Labute approximate surface area is 105 Å². The van der Waals surface area contributed by atoms with Crippen LogP contribution in [0.4, 0.5) is 0 Å². The number of fused-ring (bicyclic) bond motifs is 1. The highest BCUT2D eigenvalue weighted by Gasteiger charge is 2.32. The average molecular weight is 251 g/mol. The predicted molar refractivity (Wildman–Crippen MR) is 63.4 cm³/mol. The zero-order valence-corrected chi connectivity index (χ0v) is 10.2. The topological polar surface area (TPSA) is 78.5 Å². The van der Waals surface area contributed by atoms with E-state index in [1.807, 2.05) is 0 Å². The molecule has 0 saturated carbocycles. The van der Waals surface area contributed by atoms with Crippen molar-refractivity contribution in [2.24, 2.45) is 0 Å². The quantitative estimate of drug-likeness (QED) is 0.810. The molecule has 1 fully saturated rings. The summed E-state index contributed by atoms with van der Waals surface area (Å²) in [5.41, 5.74) is 1.75. The summed E-state index contributed by atoms with van der Waals surface area (Å²) in [4.78, 5) is 21.1. The minimum Gasteiger partial charge on any atom is -0.481 e. The second kappa shape index (κ2) is 4.70. The lowest BCUT2D eigenvalue weighted by Crippen LogP contribution is -2.36. The molecule has 0 spiro atoms. The van der Waals surface area contributed by atoms with E-state index in [-0.39, 0.29) is 0 Å². The summed E-state index contributed by atoms with van der Waals surface area (Å²) in [6.07, 6.45) is 1.46. The van der Waals surface area contributed by atoms with Crippen LogP contribution in [0.15, 0.2) is 0 Å². The minimum absolute atomic E-state index is 0.422. The Morgan fingerprint density at radius 3 is 3.00 bits per heavy atom. The van der Waals surface area contributed by atoms with Crippen LogP contribution in [0.25, 0.3) is 0 Å². The Morgan fingerprint density at radius 1 is 1.50 bits per heavy atom. The number of hydrogen-bond acceptors (Lipinski definition) is 4. The average Bonchev–Trinajstić information content (AvgIpc) is 2.89. The molecule has 2 N–H and O–H groups in total. The summed E-state index contributed by atoms with van der Waals surface area (Å²) in [5.74, 6) is -0.305. The maximum atomic E-state index is 11.1. The lowest BCUT2D eigenvalue weighted by molar-refractivity contribution is -0.138. The van der Waals surface area contributed by atoms with E-state index in [1.54, 1.807) is 0 Å². The molecule has 1 aromatic rings. The van der Waals surface area contributed by atoms with Crippen molar-refractivity contribution in [3.05, 3.63) is 17.2 Å². The van der Waals surface area contributed by atoms with Gasteiger partial charge < -0.3 is 14.8 Å². The molecule has 1 atom stereocenters. The lowest BCUT2D eigenvalue weighted by Gasteiger charge is -2.25. The normalized spacial score (nSPS) is 24.1. The molecule has 0 aromatic carbocycles. The number of aliphatic carboxylic acids is 1. The first-order chi connectivity index (χ1) is 8.74. The van der Waals surface area contributed by atoms with E-state index in [0.717, 1.165) is 56.5 Å². The third kappa shape index (κ3) is 2.13. The van der Waals surface area contributed by atoms with E-state index < -0.39 is 11.9 Å². The van der Waals surface area contributed by atoms with E-state index in [2.05, 4.69) is 14.9 Å². The lowest BCUT2D eigenvalue weighted by atomic mass is 10.1. The number of carboxylic acids is 1. The number of ether oxygens (including phenoxy) is 1. The van der Waals surface area contributed by atoms with Gasteiger partial charge in [-0.3, -0.25) is 9.69 Å². The number of H-pyrrole nitrogens is 1. The van der Waals surface area contributed by atoms with Crippen molar-refractivity contribution in [3.63, 3.8) is 0 Å². The Balaban J connectivity index is 1.71. The van der Waals surface area contributed by atoms with Crippen molar-refractivity contribution in [2.75, 3.05) is 26.3 Å². The number of morpholine rings is 1. The summed E-state index contributed by atoms with van der Waals surface area (Å²) >= 11 is 0. The molecule has 1 unspecified atom stereocenters. The number of carbonyl (C=O) groups is 1. The fourth-order valence-electron chi connectivity index (χ4n) is 2.67. The highest BCUT2D eigenvalue weighted by Crippen LogP contribution is 2.31. The van der Waals surface area contributed by atoms with Gasteiger partial charge in [-0.25, -0.2) is 4.98 Å². The molecule has 1 aliphatic carbocycles. The van der Waals surface area contributed by atoms with Crippen LogP contribution in [0.3, 0.4) is 0 Å². The van der Waals surface area contributed by atoms with Gasteiger partial charge in [0.15, 0.2) is 0 Å². The third-order valence-electron chi connectivity index (χ3n) is 3.65. The minimum atomic E-state index is -0.766. The van der Waals surface area contributed by atoms with Crippen molar-refractivity contribution in [2.45, 2.75) is 25.3 Å². The molecule has 0 bridgehead atoms. The van der Waals surface area contributed by atoms with Crippen LogP contribution >= 0.6 is 0 Å². The number of nitrogens with one attached hydrogen (secondary N) is 1. The molecule has 1 aromatic heterocycles. The molecule has 18 heavy (non-hydrogen) atoms. The van der Waals surface area contributed by atoms with Gasteiger partial charge in [-0.2, -0.15) is 0 Å². The number of rotatable bonds is 3. The molecular formula is C12H17N3O3. The molecule has 3 rings (SSSR count). The van der Waals surface area contributed by atoms with Crippen molar-refractivity contribution in [1.82, 2.24) is 14.9 Å². The molecule has 0 radical (unpaired) electrons. The van der Waals surface area contributed by atoms with Gasteiger partial charge >= 0.3 is 5.97 Å². The highest BCUT2D eigenvalue weighted by atomic mass is 16.5. The van der Waals surface area contributed by atoms with Crippen LogP contribution in [0.1, 0.15) is 29.6 Å². The zero-order valence-electron chi connectivity index (χ0n) is 10.2. The van der Waals surface area contributed by atoms with Gasteiger partial charge in [0.25, 0.3) is 0 Å². The molecule has 2 heterocycles. The van der Waals surface area contributed by atoms with Crippen LogP contribution in [0.5, 0.6) is 0 Å². The Kier molecular flexibility index (Phi) is 3.05. The highest BCUT2D eigenvalue weighted by molar-refractivity contribution is 5.76. The zero-order chi connectivity index (χ0) is 12.5. The molecule has 1 aliphatic heterocycles. The number of nitrogens with zero attached hydrogens (tertiary/aromatic N) is 2. The van der Waals surface area contributed by atoms with Crippen LogP contribution in [-0.2, 0) is 22.5 Å². The molecule has 6 heteroatoms. The van der Waals surface area contributed by atoms with Crippen molar-refractivity contribution in [1.29, 1.82) is 0 Å². The van der Waals surface area contributed by atoms with Crippen LogP contribution in [0, 0.1) is 0 Å².